The Bertz CT molecular complexity index is 1010. The minimum atomic E-state index is -0.910. The molecule has 0 bridgehead atoms. The van der Waals surface area contributed by atoms with Crippen LogP contribution in [0.4, 0.5) is 8.78 Å². The van der Waals surface area contributed by atoms with Crippen LogP contribution in [0.1, 0.15) is 122 Å². The SMILES string of the molecule is CCCCCCC1CCC(/C=C/CCC2CCC(c3ccc(-c4ccc(OCC)c(F)c4F)cc3)CC2)CC1. The van der Waals surface area contributed by atoms with Crippen molar-refractivity contribution in [1.29, 1.82) is 0 Å². The first-order valence-electron chi connectivity index (χ1n) is 16.0. The first kappa shape index (κ1) is 29.8. The Morgan fingerprint density at radius 1 is 0.744 bits per heavy atom. The third kappa shape index (κ3) is 8.66. The third-order valence-electron chi connectivity index (χ3n) is 9.39. The van der Waals surface area contributed by atoms with E-state index in [2.05, 4.69) is 31.2 Å². The molecule has 2 aromatic carbocycles. The minimum Gasteiger partial charge on any atom is -0.491 e. The predicted molar refractivity (Wildman–Crippen MR) is 160 cm³/mol. The normalized spacial score (nSPS) is 23.8. The Balaban J connectivity index is 1.16. The Labute approximate surface area is 236 Å². The van der Waals surface area contributed by atoms with Gasteiger partial charge in [-0.1, -0.05) is 75.4 Å². The van der Waals surface area contributed by atoms with Gasteiger partial charge in [0.2, 0.25) is 5.82 Å². The van der Waals surface area contributed by atoms with E-state index < -0.39 is 11.6 Å². The number of unbranched alkanes of at least 4 members (excludes halogenated alkanes) is 3. The van der Waals surface area contributed by atoms with E-state index in [0.717, 1.165) is 17.8 Å². The van der Waals surface area contributed by atoms with Crippen LogP contribution < -0.4 is 4.74 Å². The van der Waals surface area contributed by atoms with Crippen molar-refractivity contribution in [2.45, 2.75) is 116 Å². The van der Waals surface area contributed by atoms with Gasteiger partial charge in [0.05, 0.1) is 6.61 Å². The summed E-state index contributed by atoms with van der Waals surface area (Å²) < 4.78 is 34.1. The highest BCUT2D eigenvalue weighted by atomic mass is 19.2. The van der Waals surface area contributed by atoms with E-state index in [1.54, 1.807) is 13.0 Å². The summed E-state index contributed by atoms with van der Waals surface area (Å²) in [4.78, 5) is 0. The summed E-state index contributed by atoms with van der Waals surface area (Å²) in [6.07, 6.45) is 25.4. The lowest BCUT2D eigenvalue weighted by atomic mass is 9.77. The zero-order valence-corrected chi connectivity index (χ0v) is 24.4. The fourth-order valence-corrected chi connectivity index (χ4v) is 6.89. The second-order valence-corrected chi connectivity index (χ2v) is 12.1. The molecule has 0 unspecified atom stereocenters. The van der Waals surface area contributed by atoms with Gasteiger partial charge >= 0.3 is 0 Å². The molecule has 0 aromatic heterocycles. The molecule has 2 aromatic rings. The molecule has 0 amide bonds. The smallest absolute Gasteiger partial charge is 0.201 e. The summed E-state index contributed by atoms with van der Waals surface area (Å²) in [5, 5.41) is 0. The first-order chi connectivity index (χ1) is 19.1. The van der Waals surface area contributed by atoms with Crippen molar-refractivity contribution in [3.63, 3.8) is 0 Å². The van der Waals surface area contributed by atoms with Crippen LogP contribution in [0, 0.1) is 29.4 Å². The molecule has 0 radical (unpaired) electrons. The van der Waals surface area contributed by atoms with Crippen LogP contribution >= 0.6 is 0 Å². The maximum Gasteiger partial charge on any atom is 0.201 e. The van der Waals surface area contributed by atoms with E-state index in [1.165, 1.54) is 108 Å². The molecule has 0 spiro atoms. The van der Waals surface area contributed by atoms with Crippen molar-refractivity contribution in [2.24, 2.45) is 17.8 Å². The van der Waals surface area contributed by atoms with E-state index in [0.29, 0.717) is 18.1 Å². The highest BCUT2D eigenvalue weighted by Crippen LogP contribution is 2.39. The number of benzene rings is 2. The van der Waals surface area contributed by atoms with Crippen LogP contribution in [-0.4, -0.2) is 6.61 Å². The van der Waals surface area contributed by atoms with Crippen LogP contribution in [-0.2, 0) is 0 Å². The predicted octanol–water partition coefficient (Wildman–Crippen LogP) is 11.4. The average molecular weight is 537 g/mol. The molecule has 0 heterocycles. The van der Waals surface area contributed by atoms with Gasteiger partial charge in [-0.15, -0.1) is 0 Å². The monoisotopic (exact) mass is 536 g/mol. The second-order valence-electron chi connectivity index (χ2n) is 12.1. The quantitative estimate of drug-likeness (QED) is 0.183. The summed E-state index contributed by atoms with van der Waals surface area (Å²) in [6.45, 7) is 4.37. The molecule has 0 atom stereocenters. The summed E-state index contributed by atoms with van der Waals surface area (Å²) in [5.74, 6) is 1.45. The molecule has 2 fully saturated rings. The fraction of sp³-hybridized carbons (Fsp3) is 0.611. The summed E-state index contributed by atoms with van der Waals surface area (Å²) in [7, 11) is 0. The number of allylic oxidation sites excluding steroid dienone is 2. The van der Waals surface area contributed by atoms with Gasteiger partial charge in [0.25, 0.3) is 0 Å². The van der Waals surface area contributed by atoms with Gasteiger partial charge in [0, 0.05) is 5.56 Å². The highest BCUT2D eigenvalue weighted by Gasteiger charge is 2.23. The summed E-state index contributed by atoms with van der Waals surface area (Å²) in [5.41, 5.74) is 2.32. The van der Waals surface area contributed by atoms with Crippen molar-refractivity contribution in [3.05, 3.63) is 65.7 Å². The van der Waals surface area contributed by atoms with Crippen molar-refractivity contribution in [2.75, 3.05) is 6.61 Å². The summed E-state index contributed by atoms with van der Waals surface area (Å²) in [6, 6.07) is 11.2. The van der Waals surface area contributed by atoms with Gasteiger partial charge in [-0.05, 0) is 118 Å². The number of hydrogen-bond donors (Lipinski definition) is 0. The number of hydrogen-bond acceptors (Lipinski definition) is 1. The molecule has 2 saturated carbocycles. The number of halogens is 2. The molecule has 0 N–H and O–H groups in total. The Morgan fingerprint density at radius 2 is 1.44 bits per heavy atom. The fourth-order valence-electron chi connectivity index (χ4n) is 6.89. The molecule has 1 nitrogen and oxygen atoms in total. The maximum atomic E-state index is 14.6. The van der Waals surface area contributed by atoms with E-state index >= 15 is 0 Å². The Hall–Kier alpha value is -2.16. The van der Waals surface area contributed by atoms with Gasteiger partial charge < -0.3 is 4.74 Å². The van der Waals surface area contributed by atoms with Gasteiger partial charge in [0.1, 0.15) is 0 Å². The first-order valence-corrected chi connectivity index (χ1v) is 16.0. The Morgan fingerprint density at radius 3 is 2.13 bits per heavy atom. The zero-order chi connectivity index (χ0) is 27.5. The maximum absolute atomic E-state index is 14.6. The summed E-state index contributed by atoms with van der Waals surface area (Å²) >= 11 is 0. The van der Waals surface area contributed by atoms with E-state index in [4.69, 9.17) is 4.74 Å². The van der Waals surface area contributed by atoms with Crippen LogP contribution in [0.3, 0.4) is 0 Å². The van der Waals surface area contributed by atoms with Gasteiger partial charge in [0.15, 0.2) is 11.6 Å². The lowest BCUT2D eigenvalue weighted by Crippen LogP contribution is -2.14. The largest absolute Gasteiger partial charge is 0.491 e. The molecule has 4 rings (SSSR count). The van der Waals surface area contributed by atoms with E-state index in [1.807, 2.05) is 12.1 Å². The zero-order valence-electron chi connectivity index (χ0n) is 24.4. The third-order valence-corrected chi connectivity index (χ3v) is 9.39. The number of rotatable bonds is 13. The minimum absolute atomic E-state index is 0.0294. The standard InChI is InChI=1S/C36H50F2O/c1-3-5-6-7-10-27-13-15-28(16-14-27)11-8-9-12-29-17-19-30(20-18-29)31-21-23-32(24-22-31)33-25-26-34(39-4-2)36(38)35(33)37/h8,11,21-30H,3-7,9-10,12-20H2,1-2H3/b11-8+. The second kappa shape index (κ2) is 15.6. The van der Waals surface area contributed by atoms with Crippen LogP contribution in [0.5, 0.6) is 5.75 Å². The molecule has 2 aliphatic rings. The van der Waals surface area contributed by atoms with Gasteiger partial charge in [-0.3, -0.25) is 0 Å². The molecule has 39 heavy (non-hydrogen) atoms. The molecular weight excluding hydrogens is 486 g/mol. The lowest BCUT2D eigenvalue weighted by Gasteiger charge is -2.29. The van der Waals surface area contributed by atoms with Crippen LogP contribution in [0.2, 0.25) is 0 Å². The molecule has 3 heteroatoms. The number of ether oxygens (including phenoxy) is 1. The van der Waals surface area contributed by atoms with E-state index in [9.17, 15) is 8.78 Å². The molecule has 0 aliphatic heterocycles. The van der Waals surface area contributed by atoms with Gasteiger partial charge in [-0.25, -0.2) is 4.39 Å². The topological polar surface area (TPSA) is 9.23 Å². The Kier molecular flexibility index (Phi) is 11.9. The van der Waals surface area contributed by atoms with Crippen LogP contribution in [0.15, 0.2) is 48.6 Å². The lowest BCUT2D eigenvalue weighted by molar-refractivity contribution is 0.288. The van der Waals surface area contributed by atoms with Gasteiger partial charge in [-0.2, -0.15) is 4.39 Å². The molecule has 2 aliphatic carbocycles. The van der Waals surface area contributed by atoms with Crippen molar-refractivity contribution < 1.29 is 13.5 Å². The molecule has 214 valence electrons. The molecule has 0 saturated heterocycles. The van der Waals surface area contributed by atoms with Crippen molar-refractivity contribution in [3.8, 4) is 16.9 Å². The van der Waals surface area contributed by atoms with E-state index in [-0.39, 0.29) is 11.3 Å². The highest BCUT2D eigenvalue weighted by molar-refractivity contribution is 5.65. The van der Waals surface area contributed by atoms with Crippen LogP contribution in [0.25, 0.3) is 11.1 Å². The van der Waals surface area contributed by atoms with Crippen molar-refractivity contribution >= 4 is 0 Å². The van der Waals surface area contributed by atoms with Crippen molar-refractivity contribution in [1.82, 2.24) is 0 Å². The average Bonchev–Trinajstić information content (AvgIpc) is 2.97. The molecular formula is C36H50F2O.